The molecule has 17 heavy (non-hydrogen) atoms. The second-order valence-corrected chi connectivity index (χ2v) is 6.17. The van der Waals surface area contributed by atoms with Gasteiger partial charge in [-0.2, -0.15) is 0 Å². The summed E-state index contributed by atoms with van der Waals surface area (Å²) < 4.78 is 0. The Morgan fingerprint density at radius 2 is 2.47 bits per heavy atom. The zero-order chi connectivity index (χ0) is 12.3. The summed E-state index contributed by atoms with van der Waals surface area (Å²) in [7, 11) is 0. The fourth-order valence-electron chi connectivity index (χ4n) is 2.28. The third kappa shape index (κ3) is 3.06. The van der Waals surface area contributed by atoms with Crippen LogP contribution in [0.3, 0.4) is 0 Å². The maximum atomic E-state index is 12.1. The minimum Gasteiger partial charge on any atom is -0.342 e. The number of hydrogen-bond acceptors (Lipinski definition) is 3. The molecule has 3 nitrogen and oxygen atoms in total. The molecule has 1 aliphatic heterocycles. The van der Waals surface area contributed by atoms with E-state index in [1.807, 2.05) is 16.6 Å². The highest BCUT2D eigenvalue weighted by Gasteiger charge is 2.33. The number of nitrogens with zero attached hydrogens (tertiary/aromatic N) is 2. The van der Waals surface area contributed by atoms with Crippen molar-refractivity contribution in [3.8, 4) is 0 Å². The standard InChI is InChI=1S/C13H20N2OS/c1-3-13(2)6-7-15(9-13)12(16)5-4-11-8-14-10-17-11/h8,10H,3-7,9H2,1-2H3. The quantitative estimate of drug-likeness (QED) is 0.825. The Labute approximate surface area is 107 Å². The lowest BCUT2D eigenvalue weighted by atomic mass is 9.87. The number of aryl methyl sites for hydroxylation is 1. The fraction of sp³-hybridized carbons (Fsp3) is 0.692. The topological polar surface area (TPSA) is 33.2 Å². The van der Waals surface area contributed by atoms with Gasteiger partial charge in [-0.25, -0.2) is 0 Å². The number of carbonyl (C=O) groups is 1. The zero-order valence-electron chi connectivity index (χ0n) is 10.6. The molecular weight excluding hydrogens is 232 g/mol. The van der Waals surface area contributed by atoms with Gasteiger partial charge in [0.25, 0.3) is 0 Å². The van der Waals surface area contributed by atoms with Gasteiger partial charge in [0.05, 0.1) is 5.51 Å². The van der Waals surface area contributed by atoms with Crippen molar-refractivity contribution < 1.29 is 4.79 Å². The first-order chi connectivity index (χ1) is 8.13. The molecule has 0 aliphatic carbocycles. The van der Waals surface area contributed by atoms with Crippen molar-refractivity contribution in [1.82, 2.24) is 9.88 Å². The number of rotatable bonds is 4. The third-order valence-corrected chi connectivity index (χ3v) is 4.67. The minimum absolute atomic E-state index is 0.301. The number of thiazole rings is 1. The Bertz CT molecular complexity index is 377. The van der Waals surface area contributed by atoms with Crippen molar-refractivity contribution in [2.75, 3.05) is 13.1 Å². The SMILES string of the molecule is CCC1(C)CCN(C(=O)CCc2cncs2)C1. The number of aromatic nitrogens is 1. The van der Waals surface area contributed by atoms with E-state index in [1.165, 1.54) is 4.88 Å². The molecule has 1 aromatic rings. The molecule has 1 atom stereocenters. The third-order valence-electron chi connectivity index (χ3n) is 3.83. The molecular formula is C13H20N2OS. The van der Waals surface area contributed by atoms with E-state index in [4.69, 9.17) is 0 Å². The molecule has 0 bridgehead atoms. The van der Waals surface area contributed by atoms with Crippen LogP contribution in [0.2, 0.25) is 0 Å². The molecule has 2 rings (SSSR count). The maximum Gasteiger partial charge on any atom is 0.222 e. The molecule has 94 valence electrons. The lowest BCUT2D eigenvalue weighted by Gasteiger charge is -2.22. The predicted octanol–water partition coefficient (Wildman–Crippen LogP) is 2.72. The van der Waals surface area contributed by atoms with Crippen LogP contribution >= 0.6 is 11.3 Å². The highest BCUT2D eigenvalue weighted by molar-refractivity contribution is 7.09. The number of carbonyl (C=O) groups excluding carboxylic acids is 1. The lowest BCUT2D eigenvalue weighted by Crippen LogP contribution is -2.31. The summed E-state index contributed by atoms with van der Waals surface area (Å²) in [4.78, 5) is 19.3. The average Bonchev–Trinajstić information content (AvgIpc) is 2.96. The van der Waals surface area contributed by atoms with E-state index < -0.39 is 0 Å². The van der Waals surface area contributed by atoms with Gasteiger partial charge in [0.15, 0.2) is 0 Å². The Hall–Kier alpha value is -0.900. The zero-order valence-corrected chi connectivity index (χ0v) is 11.4. The average molecular weight is 252 g/mol. The van der Waals surface area contributed by atoms with Crippen LogP contribution in [-0.2, 0) is 11.2 Å². The smallest absolute Gasteiger partial charge is 0.222 e. The van der Waals surface area contributed by atoms with Gasteiger partial charge in [0.2, 0.25) is 5.91 Å². The molecule has 1 saturated heterocycles. The highest BCUT2D eigenvalue weighted by Crippen LogP contribution is 2.33. The second kappa shape index (κ2) is 5.17. The van der Waals surface area contributed by atoms with Crippen molar-refractivity contribution in [3.63, 3.8) is 0 Å². The van der Waals surface area contributed by atoms with Crippen molar-refractivity contribution >= 4 is 17.2 Å². The van der Waals surface area contributed by atoms with Gasteiger partial charge in [0.1, 0.15) is 0 Å². The van der Waals surface area contributed by atoms with E-state index in [0.29, 0.717) is 17.7 Å². The Balaban J connectivity index is 1.81. The highest BCUT2D eigenvalue weighted by atomic mass is 32.1. The van der Waals surface area contributed by atoms with Gasteiger partial charge in [0, 0.05) is 30.6 Å². The van der Waals surface area contributed by atoms with Crippen molar-refractivity contribution in [3.05, 3.63) is 16.6 Å². The van der Waals surface area contributed by atoms with E-state index in [1.54, 1.807) is 11.3 Å². The Kier molecular flexibility index (Phi) is 3.82. The van der Waals surface area contributed by atoms with Gasteiger partial charge in [-0.15, -0.1) is 11.3 Å². The van der Waals surface area contributed by atoms with E-state index >= 15 is 0 Å². The molecule has 0 saturated carbocycles. The molecule has 1 amide bonds. The van der Waals surface area contributed by atoms with Crippen LogP contribution in [0.15, 0.2) is 11.7 Å². The molecule has 2 heterocycles. The molecule has 1 aliphatic rings. The first-order valence-corrected chi connectivity index (χ1v) is 7.16. The van der Waals surface area contributed by atoms with Gasteiger partial charge in [-0.3, -0.25) is 9.78 Å². The van der Waals surface area contributed by atoms with Gasteiger partial charge >= 0.3 is 0 Å². The maximum absolute atomic E-state index is 12.1. The largest absolute Gasteiger partial charge is 0.342 e. The first kappa shape index (κ1) is 12.6. The molecule has 1 aromatic heterocycles. The van der Waals surface area contributed by atoms with Gasteiger partial charge < -0.3 is 4.90 Å². The van der Waals surface area contributed by atoms with Crippen molar-refractivity contribution in [2.45, 2.75) is 39.5 Å². The van der Waals surface area contributed by atoms with Gasteiger partial charge in [-0.05, 0) is 24.7 Å². The fourth-order valence-corrected chi connectivity index (χ4v) is 2.88. The summed E-state index contributed by atoms with van der Waals surface area (Å²) in [6, 6.07) is 0. The summed E-state index contributed by atoms with van der Waals surface area (Å²) in [5, 5.41) is 0. The molecule has 0 radical (unpaired) electrons. The molecule has 4 heteroatoms. The Morgan fingerprint density at radius 1 is 1.65 bits per heavy atom. The first-order valence-electron chi connectivity index (χ1n) is 6.28. The van der Waals surface area contributed by atoms with Crippen LogP contribution in [0.25, 0.3) is 0 Å². The summed E-state index contributed by atoms with van der Waals surface area (Å²) in [5.74, 6) is 0.301. The van der Waals surface area contributed by atoms with Crippen molar-refractivity contribution in [1.29, 1.82) is 0 Å². The van der Waals surface area contributed by atoms with Crippen LogP contribution in [0.1, 0.15) is 38.0 Å². The lowest BCUT2D eigenvalue weighted by molar-refractivity contribution is -0.130. The van der Waals surface area contributed by atoms with E-state index in [0.717, 1.165) is 32.4 Å². The van der Waals surface area contributed by atoms with Gasteiger partial charge in [-0.1, -0.05) is 13.8 Å². The van der Waals surface area contributed by atoms with Crippen LogP contribution in [0.4, 0.5) is 0 Å². The molecule has 0 aromatic carbocycles. The van der Waals surface area contributed by atoms with Crippen LogP contribution < -0.4 is 0 Å². The van der Waals surface area contributed by atoms with Crippen LogP contribution in [0, 0.1) is 5.41 Å². The summed E-state index contributed by atoms with van der Waals surface area (Å²) >= 11 is 1.63. The summed E-state index contributed by atoms with van der Waals surface area (Å²) in [6.07, 6.45) is 5.63. The normalized spacial score (nSPS) is 24.2. The van der Waals surface area contributed by atoms with Crippen molar-refractivity contribution in [2.24, 2.45) is 5.41 Å². The van der Waals surface area contributed by atoms with Crippen LogP contribution in [-0.4, -0.2) is 28.9 Å². The molecule has 1 unspecified atom stereocenters. The molecule has 0 spiro atoms. The predicted molar refractivity (Wildman–Crippen MR) is 70.0 cm³/mol. The molecule has 1 fully saturated rings. The summed E-state index contributed by atoms with van der Waals surface area (Å²) in [6.45, 7) is 6.37. The van der Waals surface area contributed by atoms with E-state index in [2.05, 4.69) is 18.8 Å². The minimum atomic E-state index is 0.301. The number of likely N-dealkylation sites (tertiary alicyclic amines) is 1. The summed E-state index contributed by atoms with van der Waals surface area (Å²) in [5.41, 5.74) is 2.17. The number of hydrogen-bond donors (Lipinski definition) is 0. The van der Waals surface area contributed by atoms with E-state index in [9.17, 15) is 4.79 Å². The number of amides is 1. The van der Waals surface area contributed by atoms with Crippen LogP contribution in [0.5, 0.6) is 0 Å². The second-order valence-electron chi connectivity index (χ2n) is 5.20. The monoisotopic (exact) mass is 252 g/mol. The van der Waals surface area contributed by atoms with E-state index in [-0.39, 0.29) is 0 Å². The molecule has 0 N–H and O–H groups in total. The Morgan fingerprint density at radius 3 is 3.06 bits per heavy atom.